The molecule has 182 valence electrons. The predicted octanol–water partition coefficient (Wildman–Crippen LogP) is 4.40. The van der Waals surface area contributed by atoms with Crippen molar-refractivity contribution in [3.8, 4) is 11.5 Å². The smallest absolute Gasteiger partial charge is 0.229 e. The first kappa shape index (κ1) is 27.0. The molecule has 0 saturated carbocycles. The van der Waals surface area contributed by atoms with Crippen LogP contribution in [0, 0.1) is 5.92 Å². The SMILES string of the molecule is CCCCNC(=O)C1CCN(Cc2ccc(Oc3ccc(NS(C)(=O)=O)cc3)cc2)CC1.Cl. The molecule has 0 aromatic heterocycles. The summed E-state index contributed by atoms with van der Waals surface area (Å²) in [6, 6.07) is 14.8. The number of carbonyl (C=O) groups is 1. The minimum Gasteiger partial charge on any atom is -0.457 e. The third-order valence-electron chi connectivity index (χ3n) is 5.51. The molecule has 0 radical (unpaired) electrons. The molecule has 0 bridgehead atoms. The summed E-state index contributed by atoms with van der Waals surface area (Å²) in [6.45, 7) is 5.62. The van der Waals surface area contributed by atoms with Crippen LogP contribution in [0.4, 0.5) is 5.69 Å². The van der Waals surface area contributed by atoms with Crippen molar-refractivity contribution in [2.45, 2.75) is 39.2 Å². The highest BCUT2D eigenvalue weighted by Gasteiger charge is 2.24. The number of nitrogens with one attached hydrogen (secondary N) is 2. The van der Waals surface area contributed by atoms with Crippen molar-refractivity contribution in [2.75, 3.05) is 30.6 Å². The summed E-state index contributed by atoms with van der Waals surface area (Å²) in [7, 11) is -3.29. The van der Waals surface area contributed by atoms with Gasteiger partial charge in [0.1, 0.15) is 11.5 Å². The van der Waals surface area contributed by atoms with Gasteiger partial charge in [0.25, 0.3) is 0 Å². The van der Waals surface area contributed by atoms with E-state index in [2.05, 4.69) is 34.0 Å². The van der Waals surface area contributed by atoms with E-state index in [4.69, 9.17) is 4.74 Å². The summed E-state index contributed by atoms with van der Waals surface area (Å²) in [6.07, 6.45) is 5.06. The van der Waals surface area contributed by atoms with E-state index in [0.717, 1.165) is 63.9 Å². The number of nitrogens with zero attached hydrogens (tertiary/aromatic N) is 1. The molecule has 0 unspecified atom stereocenters. The van der Waals surface area contributed by atoms with Gasteiger partial charge in [-0.2, -0.15) is 0 Å². The van der Waals surface area contributed by atoms with Gasteiger partial charge in [0.2, 0.25) is 15.9 Å². The second-order valence-electron chi connectivity index (χ2n) is 8.34. The second-order valence-corrected chi connectivity index (χ2v) is 10.1. The number of amides is 1. The normalized spacial score (nSPS) is 14.8. The molecule has 1 saturated heterocycles. The van der Waals surface area contributed by atoms with Gasteiger partial charge in [-0.15, -0.1) is 12.4 Å². The lowest BCUT2D eigenvalue weighted by Gasteiger charge is -2.31. The molecular weight excluding hydrogens is 462 g/mol. The number of hydrogen-bond donors (Lipinski definition) is 2. The standard InChI is InChI=1S/C24H33N3O4S.ClH/c1-3-4-15-25-24(28)20-13-16-27(17-14-20)18-19-5-9-22(10-6-19)31-23-11-7-21(8-12-23)26-32(2,29)30;/h5-12,20,26H,3-4,13-18H2,1-2H3,(H,25,28);1H. The third kappa shape index (κ3) is 9.23. The van der Waals surface area contributed by atoms with Crippen molar-refractivity contribution >= 4 is 34.0 Å². The van der Waals surface area contributed by atoms with Crippen LogP contribution in [-0.4, -0.2) is 45.1 Å². The van der Waals surface area contributed by atoms with Crippen LogP contribution in [-0.2, 0) is 21.4 Å². The first-order valence-electron chi connectivity index (χ1n) is 11.2. The number of benzene rings is 2. The van der Waals surface area contributed by atoms with Crippen molar-refractivity contribution < 1.29 is 17.9 Å². The number of sulfonamides is 1. The van der Waals surface area contributed by atoms with Crippen LogP contribution >= 0.6 is 12.4 Å². The molecule has 1 amide bonds. The van der Waals surface area contributed by atoms with E-state index in [0.29, 0.717) is 11.4 Å². The number of anilines is 1. The molecule has 1 aliphatic rings. The van der Waals surface area contributed by atoms with Crippen LogP contribution in [0.5, 0.6) is 11.5 Å². The Balaban J connectivity index is 0.00000385. The van der Waals surface area contributed by atoms with Crippen molar-refractivity contribution in [1.82, 2.24) is 10.2 Å². The Labute approximate surface area is 203 Å². The zero-order chi connectivity index (χ0) is 23.0. The molecule has 2 aromatic carbocycles. The number of likely N-dealkylation sites (tertiary alicyclic amines) is 1. The third-order valence-corrected chi connectivity index (χ3v) is 6.12. The number of halogens is 1. The molecule has 9 heteroatoms. The first-order chi connectivity index (χ1) is 15.3. The largest absolute Gasteiger partial charge is 0.457 e. The lowest BCUT2D eigenvalue weighted by molar-refractivity contribution is -0.126. The number of ether oxygens (including phenoxy) is 1. The molecule has 1 aliphatic heterocycles. The van der Waals surface area contributed by atoms with Crippen molar-refractivity contribution in [1.29, 1.82) is 0 Å². The average Bonchev–Trinajstić information content (AvgIpc) is 2.76. The molecular formula is C24H34ClN3O4S. The highest BCUT2D eigenvalue weighted by atomic mass is 35.5. The second kappa shape index (κ2) is 12.8. The summed E-state index contributed by atoms with van der Waals surface area (Å²) >= 11 is 0. The number of rotatable bonds is 10. The molecule has 0 aliphatic carbocycles. The van der Waals surface area contributed by atoms with E-state index in [1.165, 1.54) is 5.56 Å². The molecule has 2 N–H and O–H groups in total. The fourth-order valence-electron chi connectivity index (χ4n) is 3.75. The first-order valence-corrected chi connectivity index (χ1v) is 13.1. The van der Waals surface area contributed by atoms with Gasteiger partial charge in [-0.05, 0) is 74.3 Å². The molecule has 3 rings (SSSR count). The molecule has 1 heterocycles. The number of hydrogen-bond acceptors (Lipinski definition) is 5. The van der Waals surface area contributed by atoms with Gasteiger partial charge in [-0.3, -0.25) is 14.4 Å². The molecule has 0 atom stereocenters. The summed E-state index contributed by atoms with van der Waals surface area (Å²) in [5, 5.41) is 3.06. The minimum absolute atomic E-state index is 0. The van der Waals surface area contributed by atoms with E-state index in [-0.39, 0.29) is 24.2 Å². The van der Waals surface area contributed by atoms with Crippen molar-refractivity contribution in [3.63, 3.8) is 0 Å². The Morgan fingerprint density at radius 2 is 1.61 bits per heavy atom. The van der Waals surface area contributed by atoms with Gasteiger partial charge in [0.05, 0.1) is 6.26 Å². The molecule has 7 nitrogen and oxygen atoms in total. The Hall–Kier alpha value is -2.29. The van der Waals surface area contributed by atoms with E-state index in [1.807, 2.05) is 12.1 Å². The van der Waals surface area contributed by atoms with E-state index >= 15 is 0 Å². The summed E-state index contributed by atoms with van der Waals surface area (Å²) in [5.74, 6) is 1.70. The predicted molar refractivity (Wildman–Crippen MR) is 135 cm³/mol. The summed E-state index contributed by atoms with van der Waals surface area (Å²) in [4.78, 5) is 14.6. The fourth-order valence-corrected chi connectivity index (χ4v) is 4.31. The zero-order valence-electron chi connectivity index (χ0n) is 19.2. The van der Waals surface area contributed by atoms with Gasteiger partial charge in [0.15, 0.2) is 0 Å². The lowest BCUT2D eigenvalue weighted by Crippen LogP contribution is -2.40. The Bertz CT molecular complexity index is 974. The van der Waals surface area contributed by atoms with Crippen LogP contribution in [0.25, 0.3) is 0 Å². The van der Waals surface area contributed by atoms with Gasteiger partial charge in [-0.25, -0.2) is 8.42 Å². The number of piperidine rings is 1. The quantitative estimate of drug-likeness (QED) is 0.477. The van der Waals surface area contributed by atoms with Crippen LogP contribution in [0.2, 0.25) is 0 Å². The minimum atomic E-state index is -3.29. The Morgan fingerprint density at radius 1 is 1.03 bits per heavy atom. The lowest BCUT2D eigenvalue weighted by atomic mass is 9.95. The van der Waals surface area contributed by atoms with Crippen LogP contribution in [0.3, 0.4) is 0 Å². The maximum absolute atomic E-state index is 12.2. The Morgan fingerprint density at radius 3 is 2.15 bits per heavy atom. The van der Waals surface area contributed by atoms with Crippen molar-refractivity contribution in [2.24, 2.45) is 5.92 Å². The van der Waals surface area contributed by atoms with Gasteiger partial charge >= 0.3 is 0 Å². The number of carbonyl (C=O) groups excluding carboxylic acids is 1. The zero-order valence-corrected chi connectivity index (χ0v) is 20.9. The monoisotopic (exact) mass is 495 g/mol. The van der Waals surface area contributed by atoms with Crippen molar-refractivity contribution in [3.05, 3.63) is 54.1 Å². The van der Waals surface area contributed by atoms with E-state index in [9.17, 15) is 13.2 Å². The van der Waals surface area contributed by atoms with Gasteiger partial charge < -0.3 is 10.1 Å². The fraction of sp³-hybridized carbons (Fsp3) is 0.458. The van der Waals surface area contributed by atoms with Gasteiger partial charge in [0, 0.05) is 24.7 Å². The topological polar surface area (TPSA) is 87.7 Å². The Kier molecular flexibility index (Phi) is 10.5. The van der Waals surface area contributed by atoms with E-state index in [1.54, 1.807) is 24.3 Å². The van der Waals surface area contributed by atoms with Crippen LogP contribution < -0.4 is 14.8 Å². The highest BCUT2D eigenvalue weighted by molar-refractivity contribution is 7.92. The average molecular weight is 496 g/mol. The van der Waals surface area contributed by atoms with E-state index < -0.39 is 10.0 Å². The number of unbranched alkanes of at least 4 members (excludes halogenated alkanes) is 1. The highest BCUT2D eigenvalue weighted by Crippen LogP contribution is 2.25. The summed E-state index contributed by atoms with van der Waals surface area (Å²) in [5.41, 5.74) is 1.70. The molecule has 33 heavy (non-hydrogen) atoms. The van der Waals surface area contributed by atoms with Gasteiger partial charge in [-0.1, -0.05) is 25.5 Å². The summed E-state index contributed by atoms with van der Waals surface area (Å²) < 4.78 is 30.8. The maximum Gasteiger partial charge on any atom is 0.229 e. The van der Waals surface area contributed by atoms with Crippen LogP contribution in [0.15, 0.2) is 48.5 Å². The molecule has 1 fully saturated rings. The van der Waals surface area contributed by atoms with Crippen LogP contribution in [0.1, 0.15) is 38.2 Å². The molecule has 0 spiro atoms. The molecule has 2 aromatic rings. The maximum atomic E-state index is 12.2.